The van der Waals surface area contributed by atoms with Crippen molar-refractivity contribution in [1.82, 2.24) is 4.98 Å². The molecule has 0 aliphatic carbocycles. The van der Waals surface area contributed by atoms with E-state index >= 15 is 0 Å². The maximum Gasteiger partial charge on any atom is 0.222 e. The predicted molar refractivity (Wildman–Crippen MR) is 70.1 cm³/mol. The Morgan fingerprint density at radius 1 is 1.12 bits per heavy atom. The van der Waals surface area contributed by atoms with Gasteiger partial charge in [-0.15, -0.1) is 0 Å². The number of nitrogens with one attached hydrogen (secondary N) is 1. The van der Waals surface area contributed by atoms with Gasteiger partial charge in [-0.1, -0.05) is 30.3 Å². The van der Waals surface area contributed by atoms with Crippen LogP contribution in [0.5, 0.6) is 0 Å². The van der Waals surface area contributed by atoms with E-state index in [0.29, 0.717) is 5.89 Å². The van der Waals surface area contributed by atoms with Gasteiger partial charge in [0.2, 0.25) is 5.88 Å². The highest BCUT2D eigenvalue weighted by atomic mass is 16.4. The summed E-state index contributed by atoms with van der Waals surface area (Å²) in [6.45, 7) is 8.15. The number of anilines is 1. The molecule has 3 heteroatoms. The first kappa shape index (κ1) is 11.7. The predicted octanol–water partition coefficient (Wildman–Crippen LogP) is 3.86. The van der Waals surface area contributed by atoms with Crippen LogP contribution in [0.3, 0.4) is 0 Å². The smallest absolute Gasteiger partial charge is 0.222 e. The molecule has 0 unspecified atom stereocenters. The molecule has 0 bridgehead atoms. The largest absolute Gasteiger partial charge is 0.425 e. The lowest BCUT2D eigenvalue weighted by Crippen LogP contribution is -2.26. The number of nitrogens with zero attached hydrogens (tertiary/aromatic N) is 1. The van der Waals surface area contributed by atoms with Gasteiger partial charge in [0.1, 0.15) is 5.69 Å². The summed E-state index contributed by atoms with van der Waals surface area (Å²) in [6.07, 6.45) is 0. The monoisotopic (exact) mass is 230 g/mol. The van der Waals surface area contributed by atoms with E-state index in [9.17, 15) is 0 Å². The second kappa shape index (κ2) is 4.24. The first-order chi connectivity index (χ1) is 7.96. The quantitative estimate of drug-likeness (QED) is 0.851. The Hall–Kier alpha value is -1.77. The average molecular weight is 230 g/mol. The van der Waals surface area contributed by atoms with Gasteiger partial charge in [-0.2, -0.15) is 0 Å². The zero-order valence-corrected chi connectivity index (χ0v) is 10.7. The fourth-order valence-corrected chi connectivity index (χ4v) is 1.64. The zero-order valence-electron chi connectivity index (χ0n) is 10.7. The molecule has 0 atom stereocenters. The van der Waals surface area contributed by atoms with E-state index in [1.807, 2.05) is 37.3 Å². The molecule has 3 nitrogen and oxygen atoms in total. The molecule has 1 aromatic carbocycles. The van der Waals surface area contributed by atoms with Crippen molar-refractivity contribution in [3.63, 3.8) is 0 Å². The maximum atomic E-state index is 5.62. The van der Waals surface area contributed by atoms with Crippen molar-refractivity contribution in [1.29, 1.82) is 0 Å². The molecule has 90 valence electrons. The van der Waals surface area contributed by atoms with Crippen LogP contribution in [0, 0.1) is 6.92 Å². The van der Waals surface area contributed by atoms with Crippen LogP contribution >= 0.6 is 0 Å². The Kier molecular flexibility index (Phi) is 2.92. The summed E-state index contributed by atoms with van der Waals surface area (Å²) in [6, 6.07) is 10.1. The van der Waals surface area contributed by atoms with E-state index in [1.54, 1.807) is 0 Å². The second-order valence-electron chi connectivity index (χ2n) is 5.15. The number of hydrogen-bond acceptors (Lipinski definition) is 3. The van der Waals surface area contributed by atoms with E-state index in [0.717, 1.165) is 17.1 Å². The van der Waals surface area contributed by atoms with Gasteiger partial charge in [-0.05, 0) is 20.8 Å². The van der Waals surface area contributed by atoms with E-state index in [2.05, 4.69) is 31.1 Å². The molecule has 2 aromatic rings. The number of benzene rings is 1. The lowest BCUT2D eigenvalue weighted by Gasteiger charge is -2.20. The highest BCUT2D eigenvalue weighted by Gasteiger charge is 2.18. The van der Waals surface area contributed by atoms with Gasteiger partial charge in [0.15, 0.2) is 5.89 Å². The first-order valence-corrected chi connectivity index (χ1v) is 5.77. The third kappa shape index (κ3) is 2.87. The summed E-state index contributed by atoms with van der Waals surface area (Å²) in [5, 5.41) is 3.34. The molecule has 0 saturated heterocycles. The second-order valence-corrected chi connectivity index (χ2v) is 5.15. The van der Waals surface area contributed by atoms with Crippen molar-refractivity contribution in [3.8, 4) is 11.3 Å². The minimum Gasteiger partial charge on any atom is -0.425 e. The Morgan fingerprint density at radius 2 is 1.76 bits per heavy atom. The first-order valence-electron chi connectivity index (χ1n) is 5.77. The normalized spacial score (nSPS) is 11.5. The molecule has 0 radical (unpaired) electrons. The fourth-order valence-electron chi connectivity index (χ4n) is 1.64. The van der Waals surface area contributed by atoms with Gasteiger partial charge in [0.05, 0.1) is 0 Å². The molecule has 1 N–H and O–H groups in total. The highest BCUT2D eigenvalue weighted by molar-refractivity contribution is 5.70. The van der Waals surface area contributed by atoms with Crippen molar-refractivity contribution in [2.45, 2.75) is 33.2 Å². The number of aryl methyl sites for hydroxylation is 1. The summed E-state index contributed by atoms with van der Waals surface area (Å²) in [5.74, 6) is 1.41. The van der Waals surface area contributed by atoms with Crippen LogP contribution < -0.4 is 5.32 Å². The average Bonchev–Trinajstić information content (AvgIpc) is 2.58. The molecule has 2 rings (SSSR count). The lowest BCUT2D eigenvalue weighted by molar-refractivity contribution is 0.508. The van der Waals surface area contributed by atoms with Gasteiger partial charge in [-0.25, -0.2) is 4.98 Å². The summed E-state index contributed by atoms with van der Waals surface area (Å²) >= 11 is 0. The van der Waals surface area contributed by atoms with E-state index in [4.69, 9.17) is 4.42 Å². The summed E-state index contributed by atoms with van der Waals surface area (Å²) in [4.78, 5) is 4.44. The van der Waals surface area contributed by atoms with Gasteiger partial charge in [0.25, 0.3) is 0 Å². The van der Waals surface area contributed by atoms with Crippen LogP contribution in [0.15, 0.2) is 34.7 Å². The summed E-state index contributed by atoms with van der Waals surface area (Å²) < 4.78 is 5.62. The molecule has 1 heterocycles. The van der Waals surface area contributed by atoms with Crippen LogP contribution in [0.2, 0.25) is 0 Å². The van der Waals surface area contributed by atoms with E-state index in [-0.39, 0.29) is 5.54 Å². The van der Waals surface area contributed by atoms with Crippen LogP contribution in [-0.4, -0.2) is 10.5 Å². The van der Waals surface area contributed by atoms with Crippen molar-refractivity contribution in [3.05, 3.63) is 36.2 Å². The van der Waals surface area contributed by atoms with Crippen molar-refractivity contribution in [2.24, 2.45) is 0 Å². The van der Waals surface area contributed by atoms with Crippen LogP contribution in [0.4, 0.5) is 5.88 Å². The molecule has 0 saturated carbocycles. The van der Waals surface area contributed by atoms with Crippen molar-refractivity contribution in [2.75, 3.05) is 5.32 Å². The SMILES string of the molecule is Cc1nc(-c2ccccc2)c(NC(C)(C)C)o1. The summed E-state index contributed by atoms with van der Waals surface area (Å²) in [7, 11) is 0. The summed E-state index contributed by atoms with van der Waals surface area (Å²) in [5.41, 5.74) is 1.89. The molecule has 0 amide bonds. The third-order valence-electron chi connectivity index (χ3n) is 2.27. The molecule has 1 aromatic heterocycles. The Bertz CT molecular complexity index is 495. The molecule has 17 heavy (non-hydrogen) atoms. The third-order valence-corrected chi connectivity index (χ3v) is 2.27. The number of rotatable bonds is 2. The van der Waals surface area contributed by atoms with Crippen LogP contribution in [0.25, 0.3) is 11.3 Å². The minimum atomic E-state index is -0.0461. The molecule has 0 fully saturated rings. The molecule has 0 spiro atoms. The standard InChI is InChI=1S/C14H18N2O/c1-10-15-12(11-8-6-5-7-9-11)13(17-10)16-14(2,3)4/h5-9,16H,1-4H3. The molecule has 0 aliphatic heterocycles. The van der Waals surface area contributed by atoms with Gasteiger partial charge < -0.3 is 9.73 Å². The molecule has 0 aliphatic rings. The van der Waals surface area contributed by atoms with Crippen molar-refractivity contribution >= 4 is 5.88 Å². The minimum absolute atomic E-state index is 0.0461. The number of oxazole rings is 1. The Morgan fingerprint density at radius 3 is 2.35 bits per heavy atom. The van der Waals surface area contributed by atoms with Crippen LogP contribution in [0.1, 0.15) is 26.7 Å². The van der Waals surface area contributed by atoms with Gasteiger partial charge >= 0.3 is 0 Å². The van der Waals surface area contributed by atoms with Crippen LogP contribution in [-0.2, 0) is 0 Å². The maximum absolute atomic E-state index is 5.62. The number of hydrogen-bond donors (Lipinski definition) is 1. The van der Waals surface area contributed by atoms with Crippen molar-refractivity contribution < 1.29 is 4.42 Å². The zero-order chi connectivity index (χ0) is 12.5. The topological polar surface area (TPSA) is 38.1 Å². The lowest BCUT2D eigenvalue weighted by atomic mass is 10.1. The van der Waals surface area contributed by atoms with Gasteiger partial charge in [-0.3, -0.25) is 0 Å². The highest BCUT2D eigenvalue weighted by Crippen LogP contribution is 2.29. The number of aromatic nitrogens is 1. The van der Waals surface area contributed by atoms with Gasteiger partial charge in [0, 0.05) is 18.0 Å². The Labute approximate surface area is 102 Å². The fraction of sp³-hybridized carbons (Fsp3) is 0.357. The Balaban J connectivity index is 2.41. The van der Waals surface area contributed by atoms with E-state index in [1.165, 1.54) is 0 Å². The molecular weight excluding hydrogens is 212 g/mol. The van der Waals surface area contributed by atoms with E-state index < -0.39 is 0 Å². The molecular formula is C14H18N2O.